The molecule has 0 unspecified atom stereocenters. The SMILES string of the molecule is O=C(NCCN1CCC[C@@H](c2ccccc2)C1)c1cccn1C1CC1. The van der Waals surface area contributed by atoms with Crippen molar-refractivity contribution in [3.8, 4) is 0 Å². The van der Waals surface area contributed by atoms with E-state index < -0.39 is 0 Å². The zero-order chi connectivity index (χ0) is 17.1. The van der Waals surface area contributed by atoms with Crippen LogP contribution < -0.4 is 5.32 Å². The topological polar surface area (TPSA) is 37.3 Å². The third kappa shape index (κ3) is 3.96. The molecule has 4 heteroatoms. The van der Waals surface area contributed by atoms with Gasteiger partial charge < -0.3 is 14.8 Å². The maximum atomic E-state index is 12.4. The second kappa shape index (κ2) is 7.44. The Bertz CT molecular complexity index is 705. The number of likely N-dealkylation sites (tertiary alicyclic amines) is 1. The van der Waals surface area contributed by atoms with Crippen LogP contribution in [0.5, 0.6) is 0 Å². The molecule has 2 fully saturated rings. The fraction of sp³-hybridized carbons (Fsp3) is 0.476. The monoisotopic (exact) mass is 337 g/mol. The fourth-order valence-electron chi connectivity index (χ4n) is 3.93. The average Bonchev–Trinajstić information content (AvgIpc) is 3.39. The van der Waals surface area contributed by atoms with Crippen molar-refractivity contribution in [3.05, 3.63) is 59.9 Å². The highest BCUT2D eigenvalue weighted by atomic mass is 16.1. The Morgan fingerprint density at radius 3 is 2.72 bits per heavy atom. The Morgan fingerprint density at radius 1 is 1.08 bits per heavy atom. The first-order chi connectivity index (χ1) is 12.3. The number of nitrogens with one attached hydrogen (secondary N) is 1. The summed E-state index contributed by atoms with van der Waals surface area (Å²) in [7, 11) is 0. The quantitative estimate of drug-likeness (QED) is 0.877. The number of hydrogen-bond donors (Lipinski definition) is 1. The smallest absolute Gasteiger partial charge is 0.267 e. The summed E-state index contributed by atoms with van der Waals surface area (Å²) in [6.45, 7) is 3.88. The molecule has 25 heavy (non-hydrogen) atoms. The van der Waals surface area contributed by atoms with Crippen molar-refractivity contribution >= 4 is 5.91 Å². The van der Waals surface area contributed by atoms with Gasteiger partial charge in [-0.25, -0.2) is 0 Å². The summed E-state index contributed by atoms with van der Waals surface area (Å²) in [5, 5.41) is 3.11. The Kier molecular flexibility index (Phi) is 4.88. The molecule has 2 aliphatic rings. The van der Waals surface area contributed by atoms with Gasteiger partial charge in [0.15, 0.2) is 0 Å². The maximum Gasteiger partial charge on any atom is 0.267 e. The summed E-state index contributed by atoms with van der Waals surface area (Å²) in [5.41, 5.74) is 2.25. The molecule has 1 saturated carbocycles. The highest BCUT2D eigenvalue weighted by molar-refractivity contribution is 5.92. The van der Waals surface area contributed by atoms with Gasteiger partial charge in [-0.1, -0.05) is 30.3 Å². The third-order valence-electron chi connectivity index (χ3n) is 5.44. The first-order valence-corrected chi connectivity index (χ1v) is 9.53. The van der Waals surface area contributed by atoms with Crippen molar-refractivity contribution in [2.45, 2.75) is 37.6 Å². The fourth-order valence-corrected chi connectivity index (χ4v) is 3.93. The van der Waals surface area contributed by atoms with Crippen molar-refractivity contribution in [1.29, 1.82) is 0 Å². The molecule has 1 aliphatic carbocycles. The van der Waals surface area contributed by atoms with Crippen LogP contribution in [-0.2, 0) is 0 Å². The summed E-state index contributed by atoms with van der Waals surface area (Å²) >= 11 is 0. The lowest BCUT2D eigenvalue weighted by Crippen LogP contribution is -2.40. The molecular weight excluding hydrogens is 310 g/mol. The number of piperidine rings is 1. The maximum absolute atomic E-state index is 12.4. The van der Waals surface area contributed by atoms with Crippen molar-refractivity contribution < 1.29 is 4.79 Å². The van der Waals surface area contributed by atoms with E-state index in [4.69, 9.17) is 0 Å². The predicted octanol–water partition coefficient (Wildman–Crippen LogP) is 3.43. The first-order valence-electron chi connectivity index (χ1n) is 9.53. The van der Waals surface area contributed by atoms with Crippen molar-refractivity contribution in [3.63, 3.8) is 0 Å². The molecule has 1 amide bonds. The molecule has 1 atom stereocenters. The molecule has 0 bridgehead atoms. The van der Waals surface area contributed by atoms with E-state index in [9.17, 15) is 4.79 Å². The van der Waals surface area contributed by atoms with Gasteiger partial charge >= 0.3 is 0 Å². The van der Waals surface area contributed by atoms with E-state index in [0.29, 0.717) is 12.0 Å². The number of carbonyl (C=O) groups excluding carboxylic acids is 1. The molecule has 2 aromatic rings. The number of rotatable bonds is 6. The summed E-state index contributed by atoms with van der Waals surface area (Å²) in [4.78, 5) is 14.9. The normalized spacial score (nSPS) is 21.2. The standard InChI is InChI=1S/C21H27N3O/c25-21(20-9-5-14-24(20)19-10-11-19)22-12-15-23-13-4-8-18(16-23)17-6-2-1-3-7-17/h1-3,5-7,9,14,18-19H,4,8,10-13,15-16H2,(H,22,25)/t18-/m1/s1. The van der Waals surface area contributed by atoms with E-state index in [1.807, 2.05) is 18.3 Å². The number of benzene rings is 1. The van der Waals surface area contributed by atoms with E-state index in [1.54, 1.807) is 0 Å². The van der Waals surface area contributed by atoms with E-state index in [2.05, 4.69) is 45.1 Å². The van der Waals surface area contributed by atoms with Gasteiger partial charge in [-0.05, 0) is 55.8 Å². The Hall–Kier alpha value is -2.07. The van der Waals surface area contributed by atoms with Gasteiger partial charge in [-0.15, -0.1) is 0 Å². The van der Waals surface area contributed by atoms with Crippen molar-refractivity contribution in [2.24, 2.45) is 0 Å². The molecule has 0 spiro atoms. The highest BCUT2D eigenvalue weighted by Gasteiger charge is 2.26. The Labute approximate surface area is 149 Å². The van der Waals surface area contributed by atoms with Gasteiger partial charge in [0.1, 0.15) is 5.69 Å². The molecule has 1 N–H and O–H groups in total. The minimum absolute atomic E-state index is 0.0634. The second-order valence-corrected chi connectivity index (χ2v) is 7.34. The van der Waals surface area contributed by atoms with Gasteiger partial charge in [-0.2, -0.15) is 0 Å². The number of aromatic nitrogens is 1. The van der Waals surface area contributed by atoms with Crippen LogP contribution in [0.2, 0.25) is 0 Å². The van der Waals surface area contributed by atoms with E-state index in [-0.39, 0.29) is 5.91 Å². The average molecular weight is 337 g/mol. The van der Waals surface area contributed by atoms with Crippen LogP contribution >= 0.6 is 0 Å². The van der Waals surface area contributed by atoms with Gasteiger partial charge in [0, 0.05) is 31.9 Å². The minimum Gasteiger partial charge on any atom is -0.349 e. The number of hydrogen-bond acceptors (Lipinski definition) is 2. The van der Waals surface area contributed by atoms with E-state index in [0.717, 1.165) is 31.9 Å². The number of carbonyl (C=O) groups is 1. The molecule has 132 valence electrons. The van der Waals surface area contributed by atoms with E-state index >= 15 is 0 Å². The zero-order valence-electron chi connectivity index (χ0n) is 14.7. The lowest BCUT2D eigenvalue weighted by molar-refractivity contribution is 0.0936. The zero-order valence-corrected chi connectivity index (χ0v) is 14.7. The molecule has 4 nitrogen and oxygen atoms in total. The predicted molar refractivity (Wildman–Crippen MR) is 99.9 cm³/mol. The van der Waals surface area contributed by atoms with Crippen LogP contribution in [0.25, 0.3) is 0 Å². The molecule has 4 rings (SSSR count). The molecule has 1 aromatic carbocycles. The number of nitrogens with zero attached hydrogens (tertiary/aromatic N) is 2. The van der Waals surface area contributed by atoms with Crippen molar-refractivity contribution in [2.75, 3.05) is 26.2 Å². The van der Waals surface area contributed by atoms with Gasteiger partial charge in [-0.3, -0.25) is 4.79 Å². The van der Waals surface area contributed by atoms with Crippen LogP contribution in [0.15, 0.2) is 48.7 Å². The van der Waals surface area contributed by atoms with Crippen molar-refractivity contribution in [1.82, 2.24) is 14.8 Å². The second-order valence-electron chi connectivity index (χ2n) is 7.34. The van der Waals surface area contributed by atoms with Crippen LogP contribution in [0, 0.1) is 0 Å². The Balaban J connectivity index is 1.27. The lowest BCUT2D eigenvalue weighted by atomic mass is 9.91. The third-order valence-corrected chi connectivity index (χ3v) is 5.44. The molecular formula is C21H27N3O. The summed E-state index contributed by atoms with van der Waals surface area (Å²) in [5.74, 6) is 0.686. The van der Waals surface area contributed by atoms with Gasteiger partial charge in [0.05, 0.1) is 0 Å². The minimum atomic E-state index is 0.0634. The summed E-state index contributed by atoms with van der Waals surface area (Å²) in [6.07, 6.45) is 6.93. The van der Waals surface area contributed by atoms with Crippen LogP contribution in [0.3, 0.4) is 0 Å². The van der Waals surface area contributed by atoms with Crippen LogP contribution in [-0.4, -0.2) is 41.6 Å². The Morgan fingerprint density at radius 2 is 1.92 bits per heavy atom. The lowest BCUT2D eigenvalue weighted by Gasteiger charge is -2.33. The van der Waals surface area contributed by atoms with Crippen LogP contribution in [0.4, 0.5) is 0 Å². The van der Waals surface area contributed by atoms with Gasteiger partial charge in [0.2, 0.25) is 0 Å². The largest absolute Gasteiger partial charge is 0.349 e. The molecule has 1 saturated heterocycles. The van der Waals surface area contributed by atoms with E-state index in [1.165, 1.54) is 31.2 Å². The molecule has 1 aliphatic heterocycles. The first kappa shape index (κ1) is 16.4. The molecule has 1 aromatic heterocycles. The summed E-state index contributed by atoms with van der Waals surface area (Å²) in [6, 6.07) is 15.3. The number of amides is 1. The summed E-state index contributed by atoms with van der Waals surface area (Å²) < 4.78 is 2.13. The van der Waals surface area contributed by atoms with Gasteiger partial charge in [0.25, 0.3) is 5.91 Å². The molecule has 0 radical (unpaired) electrons. The molecule has 2 heterocycles. The van der Waals surface area contributed by atoms with Crippen LogP contribution in [0.1, 0.15) is 53.7 Å². The highest BCUT2D eigenvalue weighted by Crippen LogP contribution is 2.36.